The van der Waals surface area contributed by atoms with Crippen molar-refractivity contribution >= 4 is 11.6 Å². The average Bonchev–Trinajstić information content (AvgIpc) is 2.27. The van der Waals surface area contributed by atoms with Gasteiger partial charge in [-0.3, -0.25) is 0 Å². The van der Waals surface area contributed by atoms with Gasteiger partial charge in [-0.05, 0) is 43.9 Å². The summed E-state index contributed by atoms with van der Waals surface area (Å²) in [6, 6.07) is 0. The molecule has 0 radical (unpaired) electrons. The minimum absolute atomic E-state index is 0.380. The molecule has 1 fully saturated rings. The minimum Gasteiger partial charge on any atom is -0.123 e. The van der Waals surface area contributed by atoms with Crippen LogP contribution in [0.4, 0.5) is 0 Å². The second-order valence-corrected chi connectivity index (χ2v) is 5.64. The van der Waals surface area contributed by atoms with E-state index in [1.54, 1.807) is 0 Å². The molecular weight excluding hydrogens is 180 g/mol. The summed E-state index contributed by atoms with van der Waals surface area (Å²) in [5.74, 6) is 2.61. The topological polar surface area (TPSA) is 0 Å². The normalized spacial score (nSPS) is 33.0. The Morgan fingerprint density at radius 2 is 1.46 bits per heavy atom. The van der Waals surface area contributed by atoms with E-state index in [0.29, 0.717) is 5.38 Å². The molecule has 0 bridgehead atoms. The van der Waals surface area contributed by atoms with Crippen molar-refractivity contribution in [2.24, 2.45) is 17.8 Å². The van der Waals surface area contributed by atoms with Crippen molar-refractivity contribution in [1.82, 2.24) is 0 Å². The number of alkyl halides is 1. The van der Waals surface area contributed by atoms with E-state index < -0.39 is 0 Å². The van der Waals surface area contributed by atoms with E-state index in [9.17, 15) is 0 Å². The molecule has 0 saturated heterocycles. The Morgan fingerprint density at radius 3 is 2.00 bits per heavy atom. The standard InChI is InChI=1S/C12H23Cl/c1-9(2)11-5-4-6-12(8-7-11)10(3)13/h9-12H,4-8H2,1-3H3. The molecule has 0 aromatic carbocycles. The van der Waals surface area contributed by atoms with Gasteiger partial charge in [0.05, 0.1) is 0 Å². The Bertz CT molecular complexity index is 124. The van der Waals surface area contributed by atoms with Crippen LogP contribution >= 0.6 is 11.6 Å². The first-order valence-electron chi connectivity index (χ1n) is 5.75. The largest absolute Gasteiger partial charge is 0.123 e. The van der Waals surface area contributed by atoms with Crippen molar-refractivity contribution in [2.45, 2.75) is 58.3 Å². The first kappa shape index (κ1) is 11.4. The highest BCUT2D eigenvalue weighted by Crippen LogP contribution is 2.34. The Balaban J connectivity index is 2.39. The third-order valence-corrected chi connectivity index (χ3v) is 4.01. The van der Waals surface area contributed by atoms with Gasteiger partial charge >= 0.3 is 0 Å². The Hall–Kier alpha value is 0.290. The molecule has 1 aliphatic carbocycles. The fourth-order valence-corrected chi connectivity index (χ4v) is 2.74. The molecule has 1 heteroatoms. The van der Waals surface area contributed by atoms with Crippen LogP contribution in [0.1, 0.15) is 52.9 Å². The van der Waals surface area contributed by atoms with Crippen LogP contribution in [0, 0.1) is 17.8 Å². The second kappa shape index (κ2) is 5.24. The van der Waals surface area contributed by atoms with Crippen LogP contribution in [0.3, 0.4) is 0 Å². The molecule has 0 amide bonds. The van der Waals surface area contributed by atoms with E-state index in [1.807, 2.05) is 0 Å². The van der Waals surface area contributed by atoms with Gasteiger partial charge in [-0.15, -0.1) is 11.6 Å². The van der Waals surface area contributed by atoms with E-state index in [-0.39, 0.29) is 0 Å². The average molecular weight is 203 g/mol. The summed E-state index contributed by atoms with van der Waals surface area (Å²) >= 11 is 6.16. The predicted octanol–water partition coefficient (Wildman–Crippen LogP) is 4.47. The molecular formula is C12H23Cl. The maximum Gasteiger partial charge on any atom is 0.0336 e. The Kier molecular flexibility index (Phi) is 4.58. The molecule has 0 spiro atoms. The number of rotatable bonds is 2. The molecule has 1 saturated carbocycles. The number of halogens is 1. The van der Waals surface area contributed by atoms with Gasteiger partial charge in [0.2, 0.25) is 0 Å². The second-order valence-electron chi connectivity index (χ2n) is 4.95. The monoisotopic (exact) mass is 202 g/mol. The predicted molar refractivity (Wildman–Crippen MR) is 60.2 cm³/mol. The van der Waals surface area contributed by atoms with Crippen LogP contribution in [0.5, 0.6) is 0 Å². The van der Waals surface area contributed by atoms with E-state index >= 15 is 0 Å². The van der Waals surface area contributed by atoms with E-state index in [2.05, 4.69) is 20.8 Å². The lowest BCUT2D eigenvalue weighted by Crippen LogP contribution is -2.11. The molecule has 78 valence electrons. The van der Waals surface area contributed by atoms with Crippen molar-refractivity contribution in [2.75, 3.05) is 0 Å². The molecule has 3 atom stereocenters. The van der Waals surface area contributed by atoms with Crippen LogP contribution in [-0.2, 0) is 0 Å². The molecule has 13 heavy (non-hydrogen) atoms. The van der Waals surface area contributed by atoms with E-state index in [0.717, 1.165) is 17.8 Å². The molecule has 0 nitrogen and oxygen atoms in total. The zero-order chi connectivity index (χ0) is 9.84. The summed E-state index contributed by atoms with van der Waals surface area (Å²) in [7, 11) is 0. The lowest BCUT2D eigenvalue weighted by Gasteiger charge is -2.19. The summed E-state index contributed by atoms with van der Waals surface area (Å²) < 4.78 is 0. The van der Waals surface area contributed by atoms with Gasteiger partial charge in [-0.1, -0.05) is 26.7 Å². The fourth-order valence-electron chi connectivity index (χ4n) is 2.49. The molecule has 1 rings (SSSR count). The molecule has 0 heterocycles. The molecule has 0 N–H and O–H groups in total. The van der Waals surface area contributed by atoms with Crippen LogP contribution in [0.15, 0.2) is 0 Å². The first-order chi connectivity index (χ1) is 6.11. The van der Waals surface area contributed by atoms with Gasteiger partial charge in [0.15, 0.2) is 0 Å². The maximum atomic E-state index is 6.16. The number of hydrogen-bond donors (Lipinski definition) is 0. The Morgan fingerprint density at radius 1 is 0.923 bits per heavy atom. The molecule has 3 unspecified atom stereocenters. The summed E-state index contributed by atoms with van der Waals surface area (Å²) in [5.41, 5.74) is 0. The van der Waals surface area contributed by atoms with Crippen molar-refractivity contribution in [3.8, 4) is 0 Å². The molecule has 1 aliphatic rings. The third kappa shape index (κ3) is 3.50. The SMILES string of the molecule is CC(C)C1CCCC(C(C)Cl)CC1. The van der Waals surface area contributed by atoms with E-state index in [1.165, 1.54) is 32.1 Å². The highest BCUT2D eigenvalue weighted by molar-refractivity contribution is 6.20. The van der Waals surface area contributed by atoms with Crippen molar-refractivity contribution in [3.63, 3.8) is 0 Å². The smallest absolute Gasteiger partial charge is 0.0336 e. The lowest BCUT2D eigenvalue weighted by molar-refractivity contribution is 0.335. The van der Waals surface area contributed by atoms with Gasteiger partial charge in [-0.2, -0.15) is 0 Å². The summed E-state index contributed by atoms with van der Waals surface area (Å²) in [5, 5.41) is 0.380. The minimum atomic E-state index is 0.380. The van der Waals surface area contributed by atoms with Crippen molar-refractivity contribution in [3.05, 3.63) is 0 Å². The zero-order valence-electron chi connectivity index (χ0n) is 9.22. The highest BCUT2D eigenvalue weighted by Gasteiger charge is 2.23. The van der Waals surface area contributed by atoms with Crippen molar-refractivity contribution < 1.29 is 0 Å². The van der Waals surface area contributed by atoms with Gasteiger partial charge in [0, 0.05) is 5.38 Å². The van der Waals surface area contributed by atoms with Crippen LogP contribution in [0.25, 0.3) is 0 Å². The summed E-state index contributed by atoms with van der Waals surface area (Å²) in [6.45, 7) is 6.87. The Labute approximate surface area is 88.1 Å². The zero-order valence-corrected chi connectivity index (χ0v) is 9.98. The summed E-state index contributed by atoms with van der Waals surface area (Å²) in [6.07, 6.45) is 6.93. The van der Waals surface area contributed by atoms with Gasteiger partial charge in [-0.25, -0.2) is 0 Å². The third-order valence-electron chi connectivity index (χ3n) is 3.65. The molecule has 0 aliphatic heterocycles. The van der Waals surface area contributed by atoms with Gasteiger partial charge in [0.25, 0.3) is 0 Å². The van der Waals surface area contributed by atoms with Crippen molar-refractivity contribution in [1.29, 1.82) is 0 Å². The summed E-state index contributed by atoms with van der Waals surface area (Å²) in [4.78, 5) is 0. The maximum absolute atomic E-state index is 6.16. The van der Waals surface area contributed by atoms with Gasteiger partial charge in [0.1, 0.15) is 0 Å². The van der Waals surface area contributed by atoms with Gasteiger partial charge < -0.3 is 0 Å². The van der Waals surface area contributed by atoms with Crippen LogP contribution in [0.2, 0.25) is 0 Å². The van der Waals surface area contributed by atoms with E-state index in [4.69, 9.17) is 11.6 Å². The highest BCUT2D eigenvalue weighted by atomic mass is 35.5. The molecule has 0 aromatic heterocycles. The van der Waals surface area contributed by atoms with Crippen LogP contribution in [-0.4, -0.2) is 5.38 Å². The fraction of sp³-hybridized carbons (Fsp3) is 1.00. The molecule has 0 aromatic rings. The first-order valence-corrected chi connectivity index (χ1v) is 6.19. The number of hydrogen-bond acceptors (Lipinski definition) is 0. The van der Waals surface area contributed by atoms with Crippen LogP contribution < -0.4 is 0 Å². The lowest BCUT2D eigenvalue weighted by atomic mass is 9.88. The quantitative estimate of drug-likeness (QED) is 0.458.